The van der Waals surface area contributed by atoms with E-state index < -0.39 is 12.0 Å². The minimum atomic E-state index is -0.545. The first-order chi connectivity index (χ1) is 10.9. The molecule has 2 amide bonds. The molecule has 0 fully saturated rings. The summed E-state index contributed by atoms with van der Waals surface area (Å²) in [5.41, 5.74) is 0.287. The van der Waals surface area contributed by atoms with Crippen LogP contribution in [0.25, 0.3) is 0 Å². The number of nitrogens with one attached hydrogen (secondary N) is 3. The number of esters is 1. The topological polar surface area (TPSA) is 110 Å². The molecule has 1 aromatic carbocycles. The van der Waals surface area contributed by atoms with Crippen molar-refractivity contribution < 1.29 is 23.8 Å². The maximum Gasteiger partial charge on any atom is 0.326 e. The van der Waals surface area contributed by atoms with Gasteiger partial charge in [-0.2, -0.15) is 0 Å². The molecular formula is C14H20N4O5. The van der Waals surface area contributed by atoms with E-state index >= 15 is 0 Å². The summed E-state index contributed by atoms with van der Waals surface area (Å²) in [7, 11) is 5.99. The molecule has 1 aromatic rings. The van der Waals surface area contributed by atoms with Crippen LogP contribution in [0.15, 0.2) is 17.1 Å². The lowest BCUT2D eigenvalue weighted by Crippen LogP contribution is -2.41. The van der Waals surface area contributed by atoms with E-state index in [1.54, 1.807) is 7.05 Å². The largest absolute Gasteiger partial charge is 0.494 e. The Kier molecular flexibility index (Phi) is 6.66. The van der Waals surface area contributed by atoms with Gasteiger partial charge in [-0.05, 0) is 0 Å². The number of ether oxygens (including phenoxy) is 3. The van der Waals surface area contributed by atoms with Gasteiger partial charge in [0.05, 0.1) is 14.2 Å². The molecule has 0 saturated carbocycles. The molecular weight excluding hydrogens is 304 g/mol. The van der Waals surface area contributed by atoms with Crippen LogP contribution < -0.4 is 30.2 Å². The Labute approximate surface area is 134 Å². The van der Waals surface area contributed by atoms with Crippen molar-refractivity contribution in [2.75, 3.05) is 33.6 Å². The van der Waals surface area contributed by atoms with E-state index in [0.29, 0.717) is 0 Å². The van der Waals surface area contributed by atoms with Gasteiger partial charge in [0.1, 0.15) is 22.9 Å². The van der Waals surface area contributed by atoms with Crippen LogP contribution in [0.5, 0.6) is 17.2 Å². The molecule has 23 heavy (non-hydrogen) atoms. The predicted molar refractivity (Wildman–Crippen MR) is 85.4 cm³/mol. The van der Waals surface area contributed by atoms with E-state index in [-0.39, 0.29) is 28.9 Å². The molecule has 0 heterocycles. The minimum absolute atomic E-state index is 0.239. The zero-order chi connectivity index (χ0) is 17.4. The fourth-order valence-electron chi connectivity index (χ4n) is 1.72. The normalized spacial score (nSPS) is 10.6. The maximum atomic E-state index is 12.0. The molecule has 1 rings (SSSR count). The molecule has 0 radical (unpaired) electrons. The Morgan fingerprint density at radius 1 is 1.13 bits per heavy atom. The summed E-state index contributed by atoms with van der Waals surface area (Å²) in [6.07, 6.45) is 0. The predicted octanol–water partition coefficient (Wildman–Crippen LogP) is 0.956. The number of aliphatic imine (C=N–C) groups is 1. The van der Waals surface area contributed by atoms with E-state index in [1.807, 2.05) is 0 Å². The summed E-state index contributed by atoms with van der Waals surface area (Å²) in [6, 6.07) is 2.38. The number of urea groups is 1. The van der Waals surface area contributed by atoms with E-state index in [4.69, 9.17) is 14.2 Å². The van der Waals surface area contributed by atoms with Crippen LogP contribution in [0.4, 0.5) is 10.5 Å². The minimum Gasteiger partial charge on any atom is -0.494 e. The highest BCUT2D eigenvalue weighted by molar-refractivity contribution is 6.03. The Morgan fingerprint density at radius 3 is 2.09 bits per heavy atom. The molecule has 0 unspecified atom stereocenters. The third-order valence-electron chi connectivity index (χ3n) is 2.67. The summed E-state index contributed by atoms with van der Waals surface area (Å²) in [5, 5.41) is 7.82. The summed E-state index contributed by atoms with van der Waals surface area (Å²) < 4.78 is 15.4. The van der Waals surface area contributed by atoms with Crippen LogP contribution in [0.2, 0.25) is 0 Å². The first-order valence-corrected chi connectivity index (χ1v) is 6.62. The number of nitrogens with zero attached hydrogens (tertiary/aromatic N) is 1. The second kappa shape index (κ2) is 8.47. The molecule has 0 aliphatic rings. The van der Waals surface area contributed by atoms with Gasteiger partial charge in [-0.15, -0.1) is 0 Å². The van der Waals surface area contributed by atoms with Gasteiger partial charge in [0, 0.05) is 33.2 Å². The first-order valence-electron chi connectivity index (χ1n) is 6.62. The van der Waals surface area contributed by atoms with Crippen LogP contribution in [-0.4, -0.2) is 46.3 Å². The SMILES string of the molecule is CN=C(NC)NC(=O)Nc1c(OC)cc(OC(C)=O)cc1OC. The molecule has 0 spiro atoms. The molecule has 0 saturated heterocycles. The fraction of sp³-hybridized carbons (Fsp3) is 0.357. The number of guanidine groups is 1. The van der Waals surface area contributed by atoms with Crippen LogP contribution in [0.3, 0.4) is 0 Å². The lowest BCUT2D eigenvalue weighted by Gasteiger charge is -2.16. The Hall–Kier alpha value is -2.97. The van der Waals surface area contributed by atoms with Crippen LogP contribution in [0, 0.1) is 0 Å². The second-order valence-electron chi connectivity index (χ2n) is 4.20. The zero-order valence-electron chi connectivity index (χ0n) is 13.6. The highest BCUT2D eigenvalue weighted by Crippen LogP contribution is 2.38. The van der Waals surface area contributed by atoms with Gasteiger partial charge < -0.3 is 24.8 Å². The first kappa shape index (κ1) is 18.1. The molecule has 0 aliphatic carbocycles. The third kappa shape index (κ3) is 5.06. The van der Waals surface area contributed by atoms with Crippen molar-refractivity contribution in [3.8, 4) is 17.2 Å². The second-order valence-corrected chi connectivity index (χ2v) is 4.20. The lowest BCUT2D eigenvalue weighted by molar-refractivity contribution is -0.131. The van der Waals surface area contributed by atoms with Gasteiger partial charge >= 0.3 is 12.0 Å². The average molecular weight is 324 g/mol. The third-order valence-corrected chi connectivity index (χ3v) is 2.67. The number of amides is 2. The zero-order valence-corrected chi connectivity index (χ0v) is 13.6. The van der Waals surface area contributed by atoms with Crippen molar-refractivity contribution in [2.24, 2.45) is 4.99 Å². The van der Waals surface area contributed by atoms with Gasteiger partial charge in [0.2, 0.25) is 0 Å². The fourth-order valence-corrected chi connectivity index (χ4v) is 1.72. The number of carbonyl (C=O) groups excluding carboxylic acids is 2. The van der Waals surface area contributed by atoms with Crippen LogP contribution in [0.1, 0.15) is 6.92 Å². The number of carbonyl (C=O) groups is 2. The van der Waals surface area contributed by atoms with Gasteiger partial charge in [-0.3, -0.25) is 15.1 Å². The number of anilines is 1. The van der Waals surface area contributed by atoms with Gasteiger partial charge in [0.15, 0.2) is 5.96 Å². The van der Waals surface area contributed by atoms with E-state index in [1.165, 1.54) is 40.3 Å². The van der Waals surface area contributed by atoms with Crippen molar-refractivity contribution in [1.82, 2.24) is 10.6 Å². The maximum absolute atomic E-state index is 12.0. The molecule has 0 atom stereocenters. The standard InChI is InChI=1S/C14H20N4O5/c1-8(19)23-9-6-10(21-4)12(11(7-9)22-5)17-14(20)18-13(15-2)16-3/h6-7H,1-5H3,(H3,15,16,17,18,20). The molecule has 3 N–H and O–H groups in total. The van der Waals surface area contributed by atoms with E-state index in [9.17, 15) is 9.59 Å². The Balaban J connectivity index is 3.09. The average Bonchev–Trinajstić information content (AvgIpc) is 2.52. The quantitative estimate of drug-likeness (QED) is 0.329. The molecule has 0 bridgehead atoms. The number of rotatable bonds is 4. The highest BCUT2D eigenvalue weighted by atomic mass is 16.5. The monoisotopic (exact) mass is 324 g/mol. The van der Waals surface area contributed by atoms with Crippen molar-refractivity contribution in [3.05, 3.63) is 12.1 Å². The molecule has 9 nitrogen and oxygen atoms in total. The van der Waals surface area contributed by atoms with E-state index in [2.05, 4.69) is 20.9 Å². The number of benzene rings is 1. The number of hydrogen-bond donors (Lipinski definition) is 3. The van der Waals surface area contributed by atoms with E-state index in [0.717, 1.165) is 0 Å². The van der Waals surface area contributed by atoms with Crippen LogP contribution >= 0.6 is 0 Å². The Morgan fingerprint density at radius 2 is 1.70 bits per heavy atom. The van der Waals surface area contributed by atoms with Crippen molar-refractivity contribution in [1.29, 1.82) is 0 Å². The summed E-state index contributed by atoms with van der Waals surface area (Å²) >= 11 is 0. The smallest absolute Gasteiger partial charge is 0.326 e. The number of hydrogen-bond acceptors (Lipinski definition) is 6. The van der Waals surface area contributed by atoms with Gasteiger partial charge in [0.25, 0.3) is 0 Å². The summed E-state index contributed by atoms with van der Waals surface area (Å²) in [5.74, 6) is 0.593. The van der Waals surface area contributed by atoms with Crippen molar-refractivity contribution in [3.63, 3.8) is 0 Å². The van der Waals surface area contributed by atoms with Crippen molar-refractivity contribution in [2.45, 2.75) is 6.92 Å². The molecule has 0 aromatic heterocycles. The number of methoxy groups -OCH3 is 2. The molecule has 9 heteroatoms. The van der Waals surface area contributed by atoms with Crippen LogP contribution in [-0.2, 0) is 4.79 Å². The van der Waals surface area contributed by atoms with Gasteiger partial charge in [-0.1, -0.05) is 0 Å². The lowest BCUT2D eigenvalue weighted by atomic mass is 10.2. The highest BCUT2D eigenvalue weighted by Gasteiger charge is 2.17. The summed E-state index contributed by atoms with van der Waals surface area (Å²) in [6.45, 7) is 1.28. The molecule has 0 aliphatic heterocycles. The summed E-state index contributed by atoms with van der Waals surface area (Å²) in [4.78, 5) is 26.9. The molecule has 126 valence electrons. The Bertz CT molecular complexity index is 590. The van der Waals surface area contributed by atoms with Crippen molar-refractivity contribution >= 4 is 23.6 Å². The van der Waals surface area contributed by atoms with Gasteiger partial charge in [-0.25, -0.2) is 4.79 Å².